The fraction of sp³-hybridized carbons (Fsp3) is 0.692. The van der Waals surface area contributed by atoms with E-state index >= 15 is 0 Å². The number of carbonyl (C=O) groups excluding carboxylic acids is 1. The van der Waals surface area contributed by atoms with Gasteiger partial charge in [-0.2, -0.15) is 5.10 Å². The van der Waals surface area contributed by atoms with E-state index in [-0.39, 0.29) is 5.97 Å². The fourth-order valence-corrected chi connectivity index (χ4v) is 2.43. The zero-order valence-corrected chi connectivity index (χ0v) is 10.7. The molecule has 0 aromatic rings. The van der Waals surface area contributed by atoms with E-state index in [1.54, 1.807) is 0 Å². The maximum Gasteiger partial charge on any atom is 0.305 e. The zero-order valence-electron chi connectivity index (χ0n) is 10.7. The number of hydrogen-bond acceptors (Lipinski definition) is 4. The van der Waals surface area contributed by atoms with Crippen molar-refractivity contribution in [3.05, 3.63) is 12.2 Å². The number of allylic oxidation sites excluding steroid dienone is 2. The lowest BCUT2D eigenvalue weighted by Crippen LogP contribution is -2.19. The molecule has 1 saturated carbocycles. The van der Waals surface area contributed by atoms with Gasteiger partial charge in [-0.05, 0) is 31.6 Å². The van der Waals surface area contributed by atoms with Gasteiger partial charge >= 0.3 is 5.97 Å². The first-order valence-electron chi connectivity index (χ1n) is 6.21. The molecule has 4 heteroatoms. The van der Waals surface area contributed by atoms with Gasteiger partial charge in [-0.15, -0.1) is 0 Å². The first-order valence-corrected chi connectivity index (χ1v) is 6.21. The summed E-state index contributed by atoms with van der Waals surface area (Å²) >= 11 is 0. The summed E-state index contributed by atoms with van der Waals surface area (Å²) in [6, 6.07) is 0. The Morgan fingerprint density at radius 2 is 2.35 bits per heavy atom. The molecule has 0 amide bonds. The van der Waals surface area contributed by atoms with E-state index in [2.05, 4.69) is 24.2 Å². The van der Waals surface area contributed by atoms with Crippen LogP contribution in [0.15, 0.2) is 17.3 Å². The van der Waals surface area contributed by atoms with Crippen molar-refractivity contribution in [1.29, 1.82) is 0 Å². The molecule has 2 atom stereocenters. The number of esters is 1. The molecular formula is C13H22N2O2. The standard InChI is InChI=1S/C13H22N2O2/c1-3-4-5-6-11-10(9-13(16)17-2)7-8-12(11)15-14/h4-5,10-11H,3,6-9,14H2,1-2H3/b5-4-,15-12?. The summed E-state index contributed by atoms with van der Waals surface area (Å²) in [6.07, 6.45) is 8.61. The van der Waals surface area contributed by atoms with E-state index in [1.807, 2.05) is 0 Å². The number of hydrogen-bond donors (Lipinski definition) is 1. The third kappa shape index (κ3) is 3.88. The molecule has 4 nitrogen and oxygen atoms in total. The van der Waals surface area contributed by atoms with Crippen molar-refractivity contribution in [3.8, 4) is 0 Å². The first-order chi connectivity index (χ1) is 8.22. The van der Waals surface area contributed by atoms with Gasteiger partial charge in [0.1, 0.15) is 0 Å². The van der Waals surface area contributed by atoms with Crippen LogP contribution in [0.3, 0.4) is 0 Å². The van der Waals surface area contributed by atoms with Crippen LogP contribution in [-0.2, 0) is 9.53 Å². The Labute approximate surface area is 103 Å². The summed E-state index contributed by atoms with van der Waals surface area (Å²) in [5, 5.41) is 3.86. The molecule has 0 radical (unpaired) electrons. The second-order valence-electron chi connectivity index (χ2n) is 4.42. The minimum absolute atomic E-state index is 0.141. The highest BCUT2D eigenvalue weighted by molar-refractivity contribution is 5.89. The summed E-state index contributed by atoms with van der Waals surface area (Å²) < 4.78 is 4.73. The van der Waals surface area contributed by atoms with Gasteiger partial charge in [0.25, 0.3) is 0 Å². The van der Waals surface area contributed by atoms with Gasteiger partial charge in [-0.1, -0.05) is 19.1 Å². The molecular weight excluding hydrogens is 216 g/mol. The second kappa shape index (κ2) is 7.09. The maximum atomic E-state index is 11.3. The maximum absolute atomic E-state index is 11.3. The average Bonchev–Trinajstić information content (AvgIpc) is 2.72. The van der Waals surface area contributed by atoms with Crippen LogP contribution in [0, 0.1) is 11.8 Å². The summed E-state index contributed by atoms with van der Waals surface area (Å²) in [5.41, 5.74) is 1.04. The predicted molar refractivity (Wildman–Crippen MR) is 68.5 cm³/mol. The van der Waals surface area contributed by atoms with Gasteiger partial charge in [-0.25, -0.2) is 0 Å². The van der Waals surface area contributed by atoms with Crippen molar-refractivity contribution in [2.45, 2.75) is 39.0 Å². The Kier molecular flexibility index (Phi) is 5.73. The quantitative estimate of drug-likeness (QED) is 0.346. The first kappa shape index (κ1) is 13.7. The van der Waals surface area contributed by atoms with Crippen LogP contribution in [-0.4, -0.2) is 18.8 Å². The Hall–Kier alpha value is -1.32. The number of rotatable bonds is 5. The van der Waals surface area contributed by atoms with E-state index in [9.17, 15) is 4.79 Å². The SMILES string of the molecule is CC/C=C\CC1C(=NN)CCC1CC(=O)OC. The minimum Gasteiger partial charge on any atom is -0.469 e. The Morgan fingerprint density at radius 1 is 1.59 bits per heavy atom. The Morgan fingerprint density at radius 3 is 2.94 bits per heavy atom. The highest BCUT2D eigenvalue weighted by Crippen LogP contribution is 2.34. The molecule has 0 bridgehead atoms. The van der Waals surface area contributed by atoms with Crippen LogP contribution in [0.25, 0.3) is 0 Å². The van der Waals surface area contributed by atoms with Gasteiger partial charge in [-0.3, -0.25) is 4.79 Å². The molecule has 0 saturated heterocycles. The monoisotopic (exact) mass is 238 g/mol. The van der Waals surface area contributed by atoms with E-state index in [0.29, 0.717) is 18.3 Å². The number of hydrazone groups is 1. The molecule has 17 heavy (non-hydrogen) atoms. The number of nitrogens with two attached hydrogens (primary N) is 1. The van der Waals surface area contributed by atoms with Crippen molar-refractivity contribution >= 4 is 11.7 Å². The van der Waals surface area contributed by atoms with Crippen molar-refractivity contribution in [3.63, 3.8) is 0 Å². The molecule has 0 aliphatic heterocycles. The second-order valence-corrected chi connectivity index (χ2v) is 4.42. The third-order valence-electron chi connectivity index (χ3n) is 3.38. The van der Waals surface area contributed by atoms with Gasteiger partial charge < -0.3 is 10.6 Å². The van der Waals surface area contributed by atoms with Crippen LogP contribution in [0.4, 0.5) is 0 Å². The van der Waals surface area contributed by atoms with Gasteiger partial charge in [0.15, 0.2) is 0 Å². The van der Waals surface area contributed by atoms with Crippen molar-refractivity contribution in [2.75, 3.05) is 7.11 Å². The Balaban J connectivity index is 2.62. The molecule has 0 spiro atoms. The third-order valence-corrected chi connectivity index (χ3v) is 3.38. The number of ether oxygens (including phenoxy) is 1. The molecule has 1 aliphatic carbocycles. The minimum atomic E-state index is -0.141. The van der Waals surface area contributed by atoms with Gasteiger partial charge in [0.2, 0.25) is 0 Å². The van der Waals surface area contributed by atoms with Crippen molar-refractivity contribution < 1.29 is 9.53 Å². The van der Waals surface area contributed by atoms with E-state index in [1.165, 1.54) is 7.11 Å². The van der Waals surface area contributed by atoms with E-state index in [0.717, 1.165) is 31.4 Å². The predicted octanol–water partition coefficient (Wildman–Crippen LogP) is 2.25. The van der Waals surface area contributed by atoms with Crippen LogP contribution in [0.5, 0.6) is 0 Å². The topological polar surface area (TPSA) is 64.7 Å². The number of carbonyl (C=O) groups is 1. The lowest BCUT2D eigenvalue weighted by molar-refractivity contribution is -0.141. The smallest absolute Gasteiger partial charge is 0.305 e. The summed E-state index contributed by atoms with van der Waals surface area (Å²) in [7, 11) is 1.43. The molecule has 0 heterocycles. The lowest BCUT2D eigenvalue weighted by atomic mass is 9.89. The molecule has 1 rings (SSSR count). The van der Waals surface area contributed by atoms with Crippen LogP contribution in [0.1, 0.15) is 39.0 Å². The fourth-order valence-electron chi connectivity index (χ4n) is 2.43. The van der Waals surface area contributed by atoms with Crippen molar-refractivity contribution in [1.82, 2.24) is 0 Å². The highest BCUT2D eigenvalue weighted by Gasteiger charge is 2.33. The molecule has 2 unspecified atom stereocenters. The van der Waals surface area contributed by atoms with Crippen LogP contribution < -0.4 is 5.84 Å². The summed E-state index contributed by atoms with van der Waals surface area (Å²) in [4.78, 5) is 11.3. The molecule has 0 aromatic heterocycles. The van der Waals surface area contributed by atoms with Gasteiger partial charge in [0.05, 0.1) is 7.11 Å². The number of methoxy groups -OCH3 is 1. The average molecular weight is 238 g/mol. The molecule has 2 N–H and O–H groups in total. The normalized spacial score (nSPS) is 26.8. The van der Waals surface area contributed by atoms with E-state index < -0.39 is 0 Å². The summed E-state index contributed by atoms with van der Waals surface area (Å²) in [6.45, 7) is 2.11. The van der Waals surface area contributed by atoms with Crippen LogP contribution >= 0.6 is 0 Å². The van der Waals surface area contributed by atoms with Crippen molar-refractivity contribution in [2.24, 2.45) is 22.8 Å². The largest absolute Gasteiger partial charge is 0.469 e. The summed E-state index contributed by atoms with van der Waals surface area (Å²) in [5.74, 6) is 5.89. The molecule has 96 valence electrons. The lowest BCUT2D eigenvalue weighted by Gasteiger charge is -2.17. The molecule has 0 aromatic carbocycles. The molecule has 1 fully saturated rings. The Bertz CT molecular complexity index is 311. The van der Waals surface area contributed by atoms with Crippen LogP contribution in [0.2, 0.25) is 0 Å². The zero-order chi connectivity index (χ0) is 12.7. The van der Waals surface area contributed by atoms with Gasteiger partial charge in [0, 0.05) is 18.1 Å². The van der Waals surface area contributed by atoms with E-state index in [4.69, 9.17) is 10.6 Å². The highest BCUT2D eigenvalue weighted by atomic mass is 16.5. The molecule has 1 aliphatic rings. The number of nitrogens with zero attached hydrogens (tertiary/aromatic N) is 1.